The first-order chi connectivity index (χ1) is 12.8. The molecule has 0 aliphatic heterocycles. The quantitative estimate of drug-likeness (QED) is 0.377. The van der Waals surface area contributed by atoms with Crippen molar-refractivity contribution in [1.82, 2.24) is 4.72 Å². The molecule has 1 amide bonds. The molecule has 0 saturated carbocycles. The predicted octanol–water partition coefficient (Wildman–Crippen LogP) is 2.36. The van der Waals surface area contributed by atoms with E-state index in [9.17, 15) is 13.2 Å². The van der Waals surface area contributed by atoms with E-state index in [1.807, 2.05) is 20.8 Å². The molecule has 0 bridgehead atoms. The number of carbonyl (C=O) groups excluding carboxylic acids is 1. The number of sulfonamides is 1. The topological polar surface area (TPSA) is 103 Å². The molecule has 0 aromatic heterocycles. The minimum Gasteiger partial charge on any atom is -0.374 e. The minimum absolute atomic E-state index is 0.138. The summed E-state index contributed by atoms with van der Waals surface area (Å²) in [5, 5.41) is 2.60. The summed E-state index contributed by atoms with van der Waals surface area (Å²) in [6, 6.07) is 6.54. The van der Waals surface area contributed by atoms with Crippen molar-refractivity contribution in [2.45, 2.75) is 45.1 Å². The number of anilines is 1. The molecule has 10 heteroatoms. The van der Waals surface area contributed by atoms with Crippen LogP contribution in [-0.4, -0.2) is 49.5 Å². The Bertz CT molecular complexity index is 664. The molecule has 0 aliphatic carbocycles. The van der Waals surface area contributed by atoms with E-state index in [-0.39, 0.29) is 17.3 Å². The fourth-order valence-electron chi connectivity index (χ4n) is 2.52. The smallest absolute Gasteiger partial charge is 0.374 e. The van der Waals surface area contributed by atoms with Crippen molar-refractivity contribution in [3.8, 4) is 0 Å². The predicted molar refractivity (Wildman–Crippen MR) is 106 cm³/mol. The van der Waals surface area contributed by atoms with E-state index in [1.165, 1.54) is 19.1 Å². The van der Waals surface area contributed by atoms with Gasteiger partial charge in [-0.3, -0.25) is 4.79 Å². The van der Waals surface area contributed by atoms with E-state index in [2.05, 4.69) is 10.0 Å². The average molecular weight is 419 g/mol. The van der Waals surface area contributed by atoms with Crippen LogP contribution in [0.5, 0.6) is 0 Å². The highest BCUT2D eigenvalue weighted by atomic mass is 32.2. The molecule has 0 heterocycles. The van der Waals surface area contributed by atoms with E-state index in [1.54, 1.807) is 12.1 Å². The maximum atomic E-state index is 12.4. The van der Waals surface area contributed by atoms with Crippen molar-refractivity contribution in [2.75, 3.05) is 31.7 Å². The standard InChI is InChI=1S/C17H30N2O6SSi/c1-5-23-27(24-6-2,25-7-3)14-8-13-18-26(21,22)17-11-9-16(10-12-17)19-15(4)20/h9-12,18H,5-8,13-14H2,1-4H3,(H,19,20). The summed E-state index contributed by atoms with van der Waals surface area (Å²) in [4.78, 5) is 11.2. The first-order valence-corrected chi connectivity index (χ1v) is 12.5. The van der Waals surface area contributed by atoms with Crippen molar-refractivity contribution in [2.24, 2.45) is 0 Å². The van der Waals surface area contributed by atoms with Gasteiger partial charge in [0.25, 0.3) is 0 Å². The average Bonchev–Trinajstić information content (AvgIpc) is 2.59. The monoisotopic (exact) mass is 418 g/mol. The number of benzene rings is 1. The van der Waals surface area contributed by atoms with Gasteiger partial charge in [-0.15, -0.1) is 0 Å². The van der Waals surface area contributed by atoms with Crippen LogP contribution in [-0.2, 0) is 28.1 Å². The van der Waals surface area contributed by atoms with Crippen molar-refractivity contribution >= 4 is 30.4 Å². The van der Waals surface area contributed by atoms with Crippen LogP contribution in [0, 0.1) is 0 Å². The molecule has 0 aliphatic rings. The molecule has 0 saturated heterocycles. The number of hydrogen-bond donors (Lipinski definition) is 2. The lowest BCUT2D eigenvalue weighted by Crippen LogP contribution is -2.46. The maximum absolute atomic E-state index is 12.4. The molecule has 1 aromatic rings. The van der Waals surface area contributed by atoms with Gasteiger partial charge in [-0.25, -0.2) is 13.1 Å². The van der Waals surface area contributed by atoms with Crippen LogP contribution >= 0.6 is 0 Å². The van der Waals surface area contributed by atoms with Gasteiger partial charge in [0.05, 0.1) is 4.90 Å². The zero-order valence-electron chi connectivity index (χ0n) is 16.4. The second-order valence-corrected chi connectivity index (χ2v) is 10.2. The third-order valence-corrected chi connectivity index (χ3v) is 8.16. The lowest BCUT2D eigenvalue weighted by molar-refractivity contribution is -0.114. The molecule has 8 nitrogen and oxygen atoms in total. The molecule has 27 heavy (non-hydrogen) atoms. The second kappa shape index (κ2) is 11.5. The lowest BCUT2D eigenvalue weighted by Gasteiger charge is -2.28. The highest BCUT2D eigenvalue weighted by Gasteiger charge is 2.39. The van der Waals surface area contributed by atoms with Crippen LogP contribution in [0.2, 0.25) is 6.04 Å². The summed E-state index contributed by atoms with van der Waals surface area (Å²) in [5.41, 5.74) is 0.544. The molecule has 1 aromatic carbocycles. The molecule has 2 N–H and O–H groups in total. The van der Waals surface area contributed by atoms with Crippen molar-refractivity contribution in [3.63, 3.8) is 0 Å². The van der Waals surface area contributed by atoms with Crippen LogP contribution in [0.4, 0.5) is 5.69 Å². The molecule has 0 spiro atoms. The zero-order chi connectivity index (χ0) is 20.3. The fraction of sp³-hybridized carbons (Fsp3) is 0.588. The third-order valence-electron chi connectivity index (χ3n) is 3.53. The van der Waals surface area contributed by atoms with Gasteiger partial charge in [-0.2, -0.15) is 0 Å². The third kappa shape index (κ3) is 8.07. The highest BCUT2D eigenvalue weighted by Crippen LogP contribution is 2.18. The molecule has 1 rings (SSSR count). The number of hydrogen-bond acceptors (Lipinski definition) is 6. The van der Waals surface area contributed by atoms with Crippen molar-refractivity contribution in [3.05, 3.63) is 24.3 Å². The largest absolute Gasteiger partial charge is 0.500 e. The van der Waals surface area contributed by atoms with Gasteiger partial charge in [-0.1, -0.05) is 0 Å². The highest BCUT2D eigenvalue weighted by molar-refractivity contribution is 7.89. The van der Waals surface area contributed by atoms with Gasteiger partial charge in [0.2, 0.25) is 15.9 Å². The van der Waals surface area contributed by atoms with Crippen LogP contribution in [0.1, 0.15) is 34.1 Å². The number of carbonyl (C=O) groups is 1. The van der Waals surface area contributed by atoms with E-state index < -0.39 is 18.8 Å². The van der Waals surface area contributed by atoms with Crippen LogP contribution in [0.15, 0.2) is 29.2 Å². The number of nitrogens with one attached hydrogen (secondary N) is 2. The van der Waals surface area contributed by atoms with Crippen LogP contribution in [0.25, 0.3) is 0 Å². The number of rotatable bonds is 13. The van der Waals surface area contributed by atoms with Crippen LogP contribution < -0.4 is 10.0 Å². The molecular weight excluding hydrogens is 388 g/mol. The molecular formula is C17H30N2O6SSi. The van der Waals surface area contributed by atoms with Crippen molar-refractivity contribution in [1.29, 1.82) is 0 Å². The summed E-state index contributed by atoms with van der Waals surface area (Å²) in [6.07, 6.45) is 0.537. The first-order valence-electron chi connectivity index (χ1n) is 9.07. The van der Waals surface area contributed by atoms with E-state index in [0.29, 0.717) is 38.0 Å². The Hall–Kier alpha value is -1.30. The van der Waals surface area contributed by atoms with Gasteiger partial charge in [0, 0.05) is 45.0 Å². The normalized spacial score (nSPS) is 12.1. The fourth-order valence-corrected chi connectivity index (χ4v) is 6.20. The number of amides is 1. The molecule has 154 valence electrons. The van der Waals surface area contributed by atoms with Gasteiger partial charge in [0.1, 0.15) is 0 Å². The second-order valence-electron chi connectivity index (χ2n) is 5.69. The Morgan fingerprint density at radius 3 is 1.96 bits per heavy atom. The summed E-state index contributed by atoms with van der Waals surface area (Å²) in [5.74, 6) is -0.214. The summed E-state index contributed by atoms with van der Waals surface area (Å²) in [6.45, 7) is 8.74. The lowest BCUT2D eigenvalue weighted by atomic mass is 10.3. The van der Waals surface area contributed by atoms with E-state index >= 15 is 0 Å². The molecule has 0 unspecified atom stereocenters. The van der Waals surface area contributed by atoms with Gasteiger partial charge in [0.15, 0.2) is 0 Å². The minimum atomic E-state index is -3.63. The summed E-state index contributed by atoms with van der Waals surface area (Å²) in [7, 11) is -6.40. The van der Waals surface area contributed by atoms with Crippen LogP contribution in [0.3, 0.4) is 0 Å². The maximum Gasteiger partial charge on any atom is 0.500 e. The molecule has 0 radical (unpaired) electrons. The Morgan fingerprint density at radius 1 is 1.00 bits per heavy atom. The zero-order valence-corrected chi connectivity index (χ0v) is 18.2. The Balaban J connectivity index is 2.63. The molecule has 0 atom stereocenters. The van der Waals surface area contributed by atoms with Gasteiger partial charge in [-0.05, 0) is 51.5 Å². The van der Waals surface area contributed by atoms with Crippen molar-refractivity contribution < 1.29 is 26.5 Å². The van der Waals surface area contributed by atoms with Gasteiger partial charge >= 0.3 is 8.80 Å². The first kappa shape index (κ1) is 23.7. The van der Waals surface area contributed by atoms with E-state index in [0.717, 1.165) is 0 Å². The summed E-state index contributed by atoms with van der Waals surface area (Å²) >= 11 is 0. The Kier molecular flexibility index (Phi) is 10.1. The SMILES string of the molecule is CCO[Si](CCCNS(=O)(=O)c1ccc(NC(C)=O)cc1)(OCC)OCC. The van der Waals surface area contributed by atoms with Gasteiger partial charge < -0.3 is 18.6 Å². The Labute approximate surface area is 163 Å². The van der Waals surface area contributed by atoms with E-state index in [4.69, 9.17) is 13.3 Å². The Morgan fingerprint density at radius 2 is 1.52 bits per heavy atom. The summed E-state index contributed by atoms with van der Waals surface area (Å²) < 4.78 is 44.6. The molecule has 0 fully saturated rings.